The van der Waals surface area contributed by atoms with Crippen molar-refractivity contribution >= 4 is 40.2 Å². The molecule has 1 aliphatic rings. The van der Waals surface area contributed by atoms with Crippen molar-refractivity contribution in [2.45, 2.75) is 45.6 Å². The first kappa shape index (κ1) is 24.0. The van der Waals surface area contributed by atoms with Crippen LogP contribution >= 0.6 is 34.3 Å². The fraction of sp³-hybridized carbons (Fsp3) is 0.286. The summed E-state index contributed by atoms with van der Waals surface area (Å²) in [6.07, 6.45) is 8.15. The average molecular weight is 522 g/mol. The number of allylic oxidation sites excluding steroid dienone is 1. The van der Waals surface area contributed by atoms with Crippen molar-refractivity contribution in [3.05, 3.63) is 86.0 Å². The minimum Gasteiger partial charge on any atom is -0.352 e. The Morgan fingerprint density at radius 2 is 2.06 bits per heavy atom. The molecule has 0 fully saturated rings. The molecule has 4 aromatic rings. The lowest BCUT2D eigenvalue weighted by Gasteiger charge is -2.13. The number of nitrogens with one attached hydrogen (secondary N) is 1. The number of hydrogen-bond acceptors (Lipinski definition) is 4. The van der Waals surface area contributed by atoms with Crippen LogP contribution in [0.1, 0.15) is 53.0 Å². The summed E-state index contributed by atoms with van der Waals surface area (Å²) in [6.45, 7) is 3.40. The smallest absolute Gasteiger partial charge is 0.253 e. The quantitative estimate of drug-likeness (QED) is 0.239. The Morgan fingerprint density at radius 1 is 1.17 bits per heavy atom. The highest BCUT2D eigenvalue weighted by molar-refractivity contribution is 7.13. The third-order valence-corrected chi connectivity index (χ3v) is 8.56. The molecule has 0 unspecified atom stereocenters. The number of aromatic nitrogens is 2. The van der Waals surface area contributed by atoms with Gasteiger partial charge in [-0.15, -0.1) is 22.7 Å². The molecule has 0 atom stereocenters. The molecule has 1 amide bonds. The Kier molecular flexibility index (Phi) is 7.51. The molecular formula is C28H28ClN3OS2. The van der Waals surface area contributed by atoms with E-state index in [1.807, 2.05) is 37.3 Å². The van der Waals surface area contributed by atoms with Crippen LogP contribution in [-0.2, 0) is 6.54 Å². The van der Waals surface area contributed by atoms with Crippen LogP contribution in [0.3, 0.4) is 0 Å². The number of carbonyl (C=O) groups is 1. The first-order valence-corrected chi connectivity index (χ1v) is 14.1. The Morgan fingerprint density at radius 3 is 2.83 bits per heavy atom. The fourth-order valence-corrected chi connectivity index (χ4v) is 6.39. The van der Waals surface area contributed by atoms with Crippen molar-refractivity contribution in [2.75, 3.05) is 6.54 Å². The van der Waals surface area contributed by atoms with E-state index in [4.69, 9.17) is 16.6 Å². The van der Waals surface area contributed by atoms with Gasteiger partial charge in [0.25, 0.3) is 5.91 Å². The molecule has 3 aromatic heterocycles. The lowest BCUT2D eigenvalue weighted by molar-refractivity contribution is 0.0953. The maximum atomic E-state index is 13.2. The van der Waals surface area contributed by atoms with Gasteiger partial charge >= 0.3 is 0 Å². The molecule has 0 bridgehead atoms. The van der Waals surface area contributed by atoms with E-state index < -0.39 is 0 Å². The molecule has 35 heavy (non-hydrogen) atoms. The van der Waals surface area contributed by atoms with E-state index in [2.05, 4.69) is 38.9 Å². The Balaban J connectivity index is 1.43. The van der Waals surface area contributed by atoms with Gasteiger partial charge in [-0.05, 0) is 62.6 Å². The number of thiophene rings is 1. The van der Waals surface area contributed by atoms with E-state index in [-0.39, 0.29) is 5.91 Å². The van der Waals surface area contributed by atoms with Crippen LogP contribution in [0, 0.1) is 6.92 Å². The third kappa shape index (κ3) is 5.45. The van der Waals surface area contributed by atoms with Crippen molar-refractivity contribution in [1.29, 1.82) is 0 Å². The Hall–Kier alpha value is -2.67. The zero-order valence-electron chi connectivity index (χ0n) is 19.7. The molecule has 180 valence electrons. The van der Waals surface area contributed by atoms with Crippen molar-refractivity contribution in [2.24, 2.45) is 0 Å². The average Bonchev–Trinajstić information content (AvgIpc) is 3.62. The summed E-state index contributed by atoms with van der Waals surface area (Å²) < 4.78 is 2.20. The monoisotopic (exact) mass is 521 g/mol. The van der Waals surface area contributed by atoms with Crippen molar-refractivity contribution in [3.8, 4) is 22.0 Å². The molecule has 1 aliphatic carbocycles. The highest BCUT2D eigenvalue weighted by Gasteiger charge is 2.21. The van der Waals surface area contributed by atoms with Crippen LogP contribution in [0.25, 0.3) is 22.0 Å². The molecular weight excluding hydrogens is 494 g/mol. The van der Waals surface area contributed by atoms with E-state index in [1.165, 1.54) is 29.7 Å². The van der Waals surface area contributed by atoms with Gasteiger partial charge in [0.2, 0.25) is 0 Å². The third-order valence-electron chi connectivity index (χ3n) is 6.49. The summed E-state index contributed by atoms with van der Waals surface area (Å²) in [6, 6.07) is 13.9. The summed E-state index contributed by atoms with van der Waals surface area (Å²) in [5.41, 5.74) is 5.87. The Labute approximate surface area is 219 Å². The summed E-state index contributed by atoms with van der Waals surface area (Å²) in [5, 5.41) is 8.85. The number of carbonyl (C=O) groups excluding carboxylic acids is 1. The van der Waals surface area contributed by atoms with Gasteiger partial charge in [-0.25, -0.2) is 4.98 Å². The predicted octanol–water partition coefficient (Wildman–Crippen LogP) is 7.97. The van der Waals surface area contributed by atoms with Gasteiger partial charge in [0.15, 0.2) is 0 Å². The van der Waals surface area contributed by atoms with Crippen molar-refractivity contribution in [1.82, 2.24) is 14.9 Å². The number of nitrogens with zero attached hydrogens (tertiary/aromatic N) is 2. The number of benzene rings is 1. The number of amides is 1. The first-order valence-electron chi connectivity index (χ1n) is 12.0. The molecule has 0 saturated carbocycles. The van der Waals surface area contributed by atoms with Gasteiger partial charge < -0.3 is 9.88 Å². The van der Waals surface area contributed by atoms with Crippen LogP contribution in [0.5, 0.6) is 0 Å². The second-order valence-corrected chi connectivity index (χ2v) is 11.1. The molecule has 3 heterocycles. The molecule has 0 saturated heterocycles. The van der Waals surface area contributed by atoms with Gasteiger partial charge in [0.05, 0.1) is 28.5 Å². The largest absolute Gasteiger partial charge is 0.352 e. The van der Waals surface area contributed by atoms with E-state index in [1.54, 1.807) is 22.7 Å². The van der Waals surface area contributed by atoms with Crippen molar-refractivity contribution < 1.29 is 4.79 Å². The minimum absolute atomic E-state index is 0.0216. The van der Waals surface area contributed by atoms with Crippen LogP contribution < -0.4 is 5.32 Å². The molecule has 7 heteroatoms. The first-order chi connectivity index (χ1) is 17.1. The lowest BCUT2D eigenvalue weighted by Crippen LogP contribution is -2.25. The number of thiazole rings is 1. The second-order valence-electron chi connectivity index (χ2n) is 8.83. The van der Waals surface area contributed by atoms with E-state index >= 15 is 0 Å². The van der Waals surface area contributed by atoms with Gasteiger partial charge in [0, 0.05) is 28.1 Å². The van der Waals surface area contributed by atoms with E-state index in [0.29, 0.717) is 23.7 Å². The van der Waals surface area contributed by atoms with Crippen LogP contribution in [0.4, 0.5) is 0 Å². The highest BCUT2D eigenvalue weighted by atomic mass is 35.5. The van der Waals surface area contributed by atoms with Crippen LogP contribution in [0.2, 0.25) is 5.02 Å². The number of hydrogen-bond donors (Lipinski definition) is 1. The highest BCUT2D eigenvalue weighted by Crippen LogP contribution is 2.35. The molecule has 0 spiro atoms. The van der Waals surface area contributed by atoms with Crippen LogP contribution in [-0.4, -0.2) is 22.0 Å². The van der Waals surface area contributed by atoms with Crippen LogP contribution in [0.15, 0.2) is 64.9 Å². The maximum Gasteiger partial charge on any atom is 0.253 e. The van der Waals surface area contributed by atoms with E-state index in [9.17, 15) is 4.79 Å². The zero-order valence-corrected chi connectivity index (χ0v) is 22.1. The molecule has 5 rings (SSSR count). The molecule has 0 radical (unpaired) electrons. The van der Waals surface area contributed by atoms with Gasteiger partial charge in [-0.3, -0.25) is 4.79 Å². The SMILES string of the molecule is Cc1c(C(=O)NCCC2=CCCCC2)cc(-c2csc(-c3ccccc3Cl)n2)n1Cc1cccs1. The molecule has 1 aromatic carbocycles. The van der Waals surface area contributed by atoms with Gasteiger partial charge in [-0.2, -0.15) is 0 Å². The number of rotatable bonds is 8. The molecule has 1 N–H and O–H groups in total. The summed E-state index contributed by atoms with van der Waals surface area (Å²) >= 11 is 9.71. The van der Waals surface area contributed by atoms with Gasteiger partial charge in [0.1, 0.15) is 5.01 Å². The topological polar surface area (TPSA) is 46.9 Å². The van der Waals surface area contributed by atoms with E-state index in [0.717, 1.165) is 40.5 Å². The summed E-state index contributed by atoms with van der Waals surface area (Å²) in [4.78, 5) is 19.4. The van der Waals surface area contributed by atoms with Crippen molar-refractivity contribution in [3.63, 3.8) is 0 Å². The molecule has 0 aliphatic heterocycles. The maximum absolute atomic E-state index is 13.2. The predicted molar refractivity (Wildman–Crippen MR) is 148 cm³/mol. The molecule has 4 nitrogen and oxygen atoms in total. The zero-order chi connectivity index (χ0) is 24.2. The second kappa shape index (κ2) is 10.9. The van der Waals surface area contributed by atoms with Gasteiger partial charge in [-0.1, -0.05) is 47.5 Å². The number of halogens is 1. The minimum atomic E-state index is -0.0216. The summed E-state index contributed by atoms with van der Waals surface area (Å²) in [5.74, 6) is -0.0216. The normalized spacial score (nSPS) is 13.6. The lowest BCUT2D eigenvalue weighted by atomic mass is 9.97. The summed E-state index contributed by atoms with van der Waals surface area (Å²) in [7, 11) is 0. The Bertz CT molecular complexity index is 1350. The standard InChI is InChI=1S/C28H28ClN3OS2/c1-19-23(27(33)30-14-13-20-8-3-2-4-9-20)16-26(32(19)17-21-10-7-15-34-21)25-18-35-28(31-25)22-11-5-6-12-24(22)29/h5-8,10-12,15-16,18H,2-4,9,13-14,17H2,1H3,(H,30,33). The fourth-order valence-electron chi connectivity index (χ4n) is 4.56.